The first-order valence-corrected chi connectivity index (χ1v) is 6.88. The van der Waals surface area contributed by atoms with Gasteiger partial charge in [-0.15, -0.1) is 0 Å². The average Bonchev–Trinajstić information content (AvgIpc) is 2.83. The largest absolute Gasteiger partial charge is 0.490 e. The van der Waals surface area contributed by atoms with Gasteiger partial charge in [0.25, 0.3) is 0 Å². The second-order valence-electron chi connectivity index (χ2n) is 4.63. The third-order valence-electron chi connectivity index (χ3n) is 3.22. The predicted molar refractivity (Wildman–Crippen MR) is 73.4 cm³/mol. The van der Waals surface area contributed by atoms with Crippen molar-refractivity contribution in [1.82, 2.24) is 0 Å². The van der Waals surface area contributed by atoms with Crippen LogP contribution in [0.5, 0.6) is 11.5 Å². The van der Waals surface area contributed by atoms with Crippen LogP contribution in [-0.2, 0) is 14.3 Å². The molecule has 6 nitrogen and oxygen atoms in total. The standard InChI is InChI=1S/C15H18O6/c1-3-19-11-6-5-9(7-12(11)20-4-2)14-10(15(17)18)8-13(16)21-14/h5-7,10,14H,3-4,8H2,1-2H3,(H,17,18)/t10-,14-/m0/s1. The molecule has 114 valence electrons. The van der Waals surface area contributed by atoms with Gasteiger partial charge in [-0.2, -0.15) is 0 Å². The molecule has 6 heteroatoms. The number of carbonyl (C=O) groups excluding carboxylic acids is 1. The lowest BCUT2D eigenvalue weighted by Gasteiger charge is -2.17. The molecule has 0 unspecified atom stereocenters. The summed E-state index contributed by atoms with van der Waals surface area (Å²) in [5.41, 5.74) is 0.597. The molecule has 1 N–H and O–H groups in total. The van der Waals surface area contributed by atoms with Crippen molar-refractivity contribution in [3.05, 3.63) is 23.8 Å². The highest BCUT2D eigenvalue weighted by Crippen LogP contribution is 2.39. The molecule has 1 heterocycles. The number of cyclic esters (lactones) is 1. The number of carboxylic acids is 1. The van der Waals surface area contributed by atoms with Crippen LogP contribution in [-0.4, -0.2) is 30.3 Å². The van der Waals surface area contributed by atoms with Gasteiger partial charge in [0.15, 0.2) is 11.5 Å². The van der Waals surface area contributed by atoms with Crippen LogP contribution >= 0.6 is 0 Å². The molecule has 1 aliphatic heterocycles. The number of esters is 1. The SMILES string of the molecule is CCOc1ccc([C@@H]2OC(=O)C[C@@H]2C(=O)O)cc1OCC. The lowest BCUT2D eigenvalue weighted by Crippen LogP contribution is -2.17. The zero-order valence-electron chi connectivity index (χ0n) is 12.0. The molecule has 0 spiro atoms. The van der Waals surface area contributed by atoms with Gasteiger partial charge in [-0.1, -0.05) is 6.07 Å². The molecular weight excluding hydrogens is 276 g/mol. The van der Waals surface area contributed by atoms with Crippen LogP contribution < -0.4 is 9.47 Å². The van der Waals surface area contributed by atoms with Crippen molar-refractivity contribution < 1.29 is 28.9 Å². The Morgan fingerprint density at radius 3 is 2.57 bits per heavy atom. The van der Waals surface area contributed by atoms with Gasteiger partial charge < -0.3 is 19.3 Å². The molecular formula is C15H18O6. The predicted octanol–water partition coefficient (Wildman–Crippen LogP) is 2.17. The van der Waals surface area contributed by atoms with E-state index in [9.17, 15) is 14.7 Å². The minimum absolute atomic E-state index is 0.114. The first kappa shape index (κ1) is 15.2. The molecule has 1 aromatic rings. The smallest absolute Gasteiger partial charge is 0.311 e. The minimum Gasteiger partial charge on any atom is -0.490 e. The first-order chi connectivity index (χ1) is 10.1. The highest BCUT2D eigenvalue weighted by Gasteiger charge is 2.41. The number of aliphatic carboxylic acids is 1. The van der Waals surface area contributed by atoms with E-state index in [1.807, 2.05) is 13.8 Å². The molecule has 21 heavy (non-hydrogen) atoms. The van der Waals surface area contributed by atoms with Gasteiger partial charge in [-0.25, -0.2) is 0 Å². The molecule has 0 aliphatic carbocycles. The van der Waals surface area contributed by atoms with Crippen molar-refractivity contribution in [2.24, 2.45) is 5.92 Å². The Morgan fingerprint density at radius 2 is 1.95 bits per heavy atom. The van der Waals surface area contributed by atoms with E-state index in [4.69, 9.17) is 14.2 Å². The highest BCUT2D eigenvalue weighted by atomic mass is 16.6. The van der Waals surface area contributed by atoms with Crippen molar-refractivity contribution in [3.8, 4) is 11.5 Å². The van der Waals surface area contributed by atoms with Gasteiger partial charge in [0, 0.05) is 0 Å². The van der Waals surface area contributed by atoms with Crippen molar-refractivity contribution in [2.75, 3.05) is 13.2 Å². The summed E-state index contributed by atoms with van der Waals surface area (Å²) < 4.78 is 16.1. The van der Waals surface area contributed by atoms with Gasteiger partial charge >= 0.3 is 11.9 Å². The Balaban J connectivity index is 2.32. The summed E-state index contributed by atoms with van der Waals surface area (Å²) in [5.74, 6) is -1.31. The maximum absolute atomic E-state index is 11.4. The molecule has 0 aromatic heterocycles. The van der Waals surface area contributed by atoms with Crippen LogP contribution in [0.1, 0.15) is 31.9 Å². The molecule has 1 saturated heterocycles. The topological polar surface area (TPSA) is 82.1 Å². The number of hydrogen-bond acceptors (Lipinski definition) is 5. The van der Waals surface area contributed by atoms with Crippen molar-refractivity contribution in [2.45, 2.75) is 26.4 Å². The van der Waals surface area contributed by atoms with E-state index in [1.54, 1.807) is 18.2 Å². The summed E-state index contributed by atoms with van der Waals surface area (Å²) >= 11 is 0. The van der Waals surface area contributed by atoms with E-state index < -0.39 is 24.0 Å². The van der Waals surface area contributed by atoms with Crippen LogP contribution in [0.15, 0.2) is 18.2 Å². The van der Waals surface area contributed by atoms with Crippen molar-refractivity contribution >= 4 is 11.9 Å². The van der Waals surface area contributed by atoms with Crippen molar-refractivity contribution in [3.63, 3.8) is 0 Å². The molecule has 0 saturated carbocycles. The van der Waals surface area contributed by atoms with E-state index in [0.29, 0.717) is 30.3 Å². The number of hydrogen-bond donors (Lipinski definition) is 1. The van der Waals surface area contributed by atoms with Gasteiger partial charge in [-0.3, -0.25) is 9.59 Å². The molecule has 1 fully saturated rings. The Hall–Kier alpha value is -2.24. The molecule has 0 radical (unpaired) electrons. The van der Waals surface area contributed by atoms with E-state index in [1.165, 1.54) is 0 Å². The lowest BCUT2D eigenvalue weighted by atomic mass is 9.95. The third-order valence-corrected chi connectivity index (χ3v) is 3.22. The zero-order chi connectivity index (χ0) is 15.4. The van der Waals surface area contributed by atoms with E-state index in [0.717, 1.165) is 0 Å². The maximum Gasteiger partial charge on any atom is 0.311 e. The number of rotatable bonds is 6. The third kappa shape index (κ3) is 3.26. The molecule has 0 amide bonds. The Kier molecular flexibility index (Phi) is 4.67. The second-order valence-corrected chi connectivity index (χ2v) is 4.63. The van der Waals surface area contributed by atoms with E-state index >= 15 is 0 Å². The molecule has 2 rings (SSSR count). The summed E-state index contributed by atoms with van der Waals surface area (Å²) in [5, 5.41) is 9.19. The summed E-state index contributed by atoms with van der Waals surface area (Å²) in [7, 11) is 0. The number of benzene rings is 1. The molecule has 1 aromatic carbocycles. The van der Waals surface area contributed by atoms with Gasteiger partial charge in [-0.05, 0) is 31.5 Å². The van der Waals surface area contributed by atoms with E-state index in [2.05, 4.69) is 0 Å². The molecule has 2 atom stereocenters. The fourth-order valence-electron chi connectivity index (χ4n) is 2.32. The lowest BCUT2D eigenvalue weighted by molar-refractivity contribution is -0.144. The monoisotopic (exact) mass is 294 g/mol. The summed E-state index contributed by atoms with van der Waals surface area (Å²) in [4.78, 5) is 22.6. The summed E-state index contributed by atoms with van der Waals surface area (Å²) in [6.45, 7) is 4.66. The normalized spacial score (nSPS) is 21.0. The second kappa shape index (κ2) is 6.47. The maximum atomic E-state index is 11.4. The van der Waals surface area contributed by atoms with Gasteiger partial charge in [0.1, 0.15) is 12.0 Å². The van der Waals surface area contributed by atoms with Crippen LogP contribution in [0.3, 0.4) is 0 Å². The summed E-state index contributed by atoms with van der Waals surface area (Å²) in [6.07, 6.45) is -0.901. The molecule has 0 bridgehead atoms. The summed E-state index contributed by atoms with van der Waals surface area (Å²) in [6, 6.07) is 5.08. The fraction of sp³-hybridized carbons (Fsp3) is 0.467. The fourth-order valence-corrected chi connectivity index (χ4v) is 2.32. The first-order valence-electron chi connectivity index (χ1n) is 6.88. The van der Waals surface area contributed by atoms with Crippen LogP contribution in [0.4, 0.5) is 0 Å². The zero-order valence-corrected chi connectivity index (χ0v) is 12.0. The van der Waals surface area contributed by atoms with Crippen LogP contribution in [0.25, 0.3) is 0 Å². The van der Waals surface area contributed by atoms with Crippen LogP contribution in [0.2, 0.25) is 0 Å². The number of carbonyl (C=O) groups is 2. The number of ether oxygens (including phenoxy) is 3. The molecule has 1 aliphatic rings. The van der Waals surface area contributed by atoms with Crippen molar-refractivity contribution in [1.29, 1.82) is 0 Å². The van der Waals surface area contributed by atoms with E-state index in [-0.39, 0.29) is 6.42 Å². The van der Waals surface area contributed by atoms with Gasteiger partial charge in [0.05, 0.1) is 19.6 Å². The van der Waals surface area contributed by atoms with Crippen LogP contribution in [0, 0.1) is 5.92 Å². The Bertz CT molecular complexity index is 539. The quantitative estimate of drug-likeness (QED) is 0.810. The Morgan fingerprint density at radius 1 is 1.29 bits per heavy atom. The number of carboxylic acid groups (broad SMARTS) is 1. The Labute approximate surface area is 122 Å². The minimum atomic E-state index is -1.04. The van der Waals surface area contributed by atoms with Gasteiger partial charge in [0.2, 0.25) is 0 Å². The average molecular weight is 294 g/mol. The highest BCUT2D eigenvalue weighted by molar-refractivity contribution is 5.82.